The number of allylic oxidation sites excluding steroid dienone is 6. The second-order valence-corrected chi connectivity index (χ2v) is 6.73. The first-order chi connectivity index (χ1) is 13.8. The Kier molecular flexibility index (Phi) is 9.87. The number of amidine groups is 1. The average molecular weight is 396 g/mol. The average Bonchev–Trinajstić information content (AvgIpc) is 2.70. The predicted octanol–water partition coefficient (Wildman–Crippen LogP) is 6.24. The SMILES string of the molecule is C=CC(=C(C)/N=C(\C=C/C)N(CC)C(C)c1cc(F)ccc1C)/C(C=C)=C/NC. The molecule has 0 amide bonds. The van der Waals surface area contributed by atoms with Crippen molar-refractivity contribution < 1.29 is 4.39 Å². The van der Waals surface area contributed by atoms with Gasteiger partial charge in [-0.1, -0.05) is 37.5 Å². The molecule has 1 atom stereocenters. The standard InChI is InChI=1S/C25H34FN3/c1-9-13-25(28-19(6)23(11-3)21(10-2)17-27-8)29(12-4)20(7)24-16-22(26)15-14-18(24)5/h9-11,13-17,20,27H,2-3,12H2,1,4-8H3/b13-9-,21-17+,23-19-,28-25+. The summed E-state index contributed by atoms with van der Waals surface area (Å²) in [7, 11) is 1.84. The smallest absolute Gasteiger partial charge is 0.128 e. The van der Waals surface area contributed by atoms with E-state index in [9.17, 15) is 4.39 Å². The van der Waals surface area contributed by atoms with Gasteiger partial charge in [0.1, 0.15) is 11.7 Å². The van der Waals surface area contributed by atoms with Gasteiger partial charge in [-0.3, -0.25) is 0 Å². The highest BCUT2D eigenvalue weighted by molar-refractivity contribution is 5.94. The quantitative estimate of drug-likeness (QED) is 0.304. The van der Waals surface area contributed by atoms with E-state index in [2.05, 4.69) is 37.2 Å². The molecule has 0 bridgehead atoms. The van der Waals surface area contributed by atoms with E-state index in [0.717, 1.165) is 40.4 Å². The van der Waals surface area contributed by atoms with Crippen molar-refractivity contribution in [3.05, 3.63) is 95.6 Å². The van der Waals surface area contributed by atoms with Gasteiger partial charge in [0, 0.05) is 31.1 Å². The normalized spacial score (nSPS) is 14.4. The molecular weight excluding hydrogens is 361 g/mol. The molecule has 0 radical (unpaired) electrons. The minimum Gasteiger partial charge on any atom is -0.393 e. The molecule has 1 N–H and O–H groups in total. The van der Waals surface area contributed by atoms with E-state index >= 15 is 0 Å². The predicted molar refractivity (Wildman–Crippen MR) is 124 cm³/mol. The summed E-state index contributed by atoms with van der Waals surface area (Å²) in [5.74, 6) is 0.590. The number of rotatable bonds is 9. The van der Waals surface area contributed by atoms with E-state index in [4.69, 9.17) is 4.99 Å². The van der Waals surface area contributed by atoms with Gasteiger partial charge in [0.15, 0.2) is 0 Å². The van der Waals surface area contributed by atoms with Gasteiger partial charge in [0.05, 0.1) is 6.04 Å². The number of aliphatic imine (C=N–C) groups is 1. The van der Waals surface area contributed by atoms with E-state index < -0.39 is 0 Å². The Hall–Kier alpha value is -2.88. The summed E-state index contributed by atoms with van der Waals surface area (Å²) in [5, 5.41) is 3.03. The zero-order valence-electron chi connectivity index (χ0n) is 18.6. The molecule has 0 saturated heterocycles. The van der Waals surface area contributed by atoms with E-state index in [0.29, 0.717) is 0 Å². The van der Waals surface area contributed by atoms with Crippen molar-refractivity contribution in [2.45, 2.75) is 40.7 Å². The van der Waals surface area contributed by atoms with E-state index in [1.54, 1.807) is 18.2 Å². The second kappa shape index (κ2) is 11.8. The third-order valence-electron chi connectivity index (χ3n) is 4.82. The van der Waals surface area contributed by atoms with E-state index in [1.165, 1.54) is 6.07 Å². The fourth-order valence-electron chi connectivity index (χ4n) is 3.32. The van der Waals surface area contributed by atoms with Gasteiger partial charge in [0.2, 0.25) is 0 Å². The van der Waals surface area contributed by atoms with Crippen LogP contribution in [0.25, 0.3) is 0 Å². The van der Waals surface area contributed by atoms with Crippen LogP contribution < -0.4 is 5.32 Å². The van der Waals surface area contributed by atoms with Gasteiger partial charge in [-0.2, -0.15) is 0 Å². The van der Waals surface area contributed by atoms with Gasteiger partial charge in [-0.15, -0.1) is 0 Å². The highest BCUT2D eigenvalue weighted by atomic mass is 19.1. The summed E-state index contributed by atoms with van der Waals surface area (Å²) in [6.45, 7) is 18.6. The zero-order chi connectivity index (χ0) is 22.0. The minimum atomic E-state index is -0.226. The maximum atomic E-state index is 13.9. The summed E-state index contributed by atoms with van der Waals surface area (Å²) in [6, 6.07) is 4.90. The Bertz CT molecular complexity index is 844. The number of nitrogens with one attached hydrogen (secondary N) is 1. The van der Waals surface area contributed by atoms with Gasteiger partial charge in [-0.05, 0) is 69.5 Å². The number of hydrogen-bond acceptors (Lipinski definition) is 2. The fraction of sp³-hybridized carbons (Fsp3) is 0.320. The Balaban J connectivity index is 3.53. The van der Waals surface area contributed by atoms with Crippen LogP contribution in [0.3, 0.4) is 0 Å². The summed E-state index contributed by atoms with van der Waals surface area (Å²) >= 11 is 0. The van der Waals surface area contributed by atoms with Crippen molar-refractivity contribution in [1.82, 2.24) is 10.2 Å². The van der Waals surface area contributed by atoms with Gasteiger partial charge >= 0.3 is 0 Å². The minimum absolute atomic E-state index is 0.0302. The van der Waals surface area contributed by atoms with Gasteiger partial charge in [-0.25, -0.2) is 9.38 Å². The Labute approximate surface area is 175 Å². The van der Waals surface area contributed by atoms with Crippen molar-refractivity contribution in [2.75, 3.05) is 13.6 Å². The van der Waals surface area contributed by atoms with Crippen molar-refractivity contribution in [3.8, 4) is 0 Å². The summed E-state index contributed by atoms with van der Waals surface area (Å²) in [6.07, 6.45) is 9.37. The van der Waals surface area contributed by atoms with Crippen molar-refractivity contribution in [1.29, 1.82) is 0 Å². The lowest BCUT2D eigenvalue weighted by Gasteiger charge is -2.31. The topological polar surface area (TPSA) is 27.6 Å². The maximum absolute atomic E-state index is 13.9. The lowest BCUT2D eigenvalue weighted by molar-refractivity contribution is 0.352. The van der Waals surface area contributed by atoms with Crippen molar-refractivity contribution in [3.63, 3.8) is 0 Å². The molecule has 0 aliphatic heterocycles. The Morgan fingerprint density at radius 3 is 2.52 bits per heavy atom. The molecule has 1 rings (SSSR count). The molecule has 1 aromatic rings. The Morgan fingerprint density at radius 2 is 2.00 bits per heavy atom. The van der Waals surface area contributed by atoms with Crippen LogP contribution in [0.5, 0.6) is 0 Å². The summed E-state index contributed by atoms with van der Waals surface area (Å²) in [5.41, 5.74) is 4.66. The monoisotopic (exact) mass is 395 g/mol. The fourth-order valence-corrected chi connectivity index (χ4v) is 3.32. The van der Waals surface area contributed by atoms with E-state index in [-0.39, 0.29) is 11.9 Å². The van der Waals surface area contributed by atoms with Gasteiger partial charge in [0.25, 0.3) is 0 Å². The summed E-state index contributed by atoms with van der Waals surface area (Å²) in [4.78, 5) is 7.08. The van der Waals surface area contributed by atoms with Crippen molar-refractivity contribution in [2.24, 2.45) is 4.99 Å². The number of nitrogens with zero attached hydrogens (tertiary/aromatic N) is 2. The first-order valence-electron chi connectivity index (χ1n) is 9.92. The van der Waals surface area contributed by atoms with Crippen LogP contribution in [-0.2, 0) is 0 Å². The molecule has 29 heavy (non-hydrogen) atoms. The number of likely N-dealkylation sites (N-methyl/N-ethyl adjacent to an activating group) is 1. The van der Waals surface area contributed by atoms with Crippen LogP contribution in [-0.4, -0.2) is 24.3 Å². The molecule has 0 aliphatic carbocycles. The second-order valence-electron chi connectivity index (χ2n) is 6.73. The van der Waals surface area contributed by atoms with Crippen LogP contribution >= 0.6 is 0 Å². The molecule has 0 aliphatic rings. The molecule has 1 unspecified atom stereocenters. The van der Waals surface area contributed by atoms with Crippen LogP contribution in [0.4, 0.5) is 4.39 Å². The first kappa shape index (κ1) is 24.2. The number of benzene rings is 1. The molecule has 0 heterocycles. The van der Waals surface area contributed by atoms with Crippen LogP contribution in [0, 0.1) is 12.7 Å². The number of halogens is 1. The third kappa shape index (κ3) is 6.31. The molecule has 4 heteroatoms. The lowest BCUT2D eigenvalue weighted by atomic mass is 10.0. The molecule has 156 valence electrons. The Morgan fingerprint density at radius 1 is 1.31 bits per heavy atom. The van der Waals surface area contributed by atoms with Crippen LogP contribution in [0.1, 0.15) is 44.9 Å². The van der Waals surface area contributed by atoms with Gasteiger partial charge < -0.3 is 10.2 Å². The number of hydrogen-bond donors (Lipinski definition) is 1. The molecule has 0 aromatic heterocycles. The lowest BCUT2D eigenvalue weighted by Crippen LogP contribution is -2.33. The third-order valence-corrected chi connectivity index (χ3v) is 4.82. The largest absolute Gasteiger partial charge is 0.393 e. The number of aryl methyl sites for hydroxylation is 1. The van der Waals surface area contributed by atoms with Crippen LogP contribution in [0.15, 0.2) is 83.7 Å². The maximum Gasteiger partial charge on any atom is 0.128 e. The van der Waals surface area contributed by atoms with Crippen molar-refractivity contribution >= 4 is 5.84 Å². The molecule has 0 spiro atoms. The first-order valence-corrected chi connectivity index (χ1v) is 9.92. The summed E-state index contributed by atoms with van der Waals surface area (Å²) < 4.78 is 13.9. The molecule has 3 nitrogen and oxygen atoms in total. The van der Waals surface area contributed by atoms with Crippen LogP contribution in [0.2, 0.25) is 0 Å². The zero-order valence-corrected chi connectivity index (χ0v) is 18.6. The molecule has 0 fully saturated rings. The molecule has 0 saturated carbocycles. The van der Waals surface area contributed by atoms with E-state index in [1.807, 2.05) is 52.2 Å². The highest BCUT2D eigenvalue weighted by Crippen LogP contribution is 2.26. The highest BCUT2D eigenvalue weighted by Gasteiger charge is 2.19. The molecular formula is C25H34FN3. The molecule has 1 aromatic carbocycles.